The molecule has 176 valence electrons. The molecule has 0 N–H and O–H groups in total. The molecule has 0 amide bonds. The summed E-state index contributed by atoms with van der Waals surface area (Å²) in [5.41, 5.74) is 1.94. The molecule has 0 atom stereocenters. The number of aromatic nitrogens is 2. The van der Waals surface area contributed by atoms with Crippen LogP contribution >= 0.6 is 0 Å². The topological polar surface area (TPSA) is 82.2 Å². The number of carbonyl (C=O) groups excluding carboxylic acids is 3. The number of fused-ring (bicyclic) bond motifs is 3. The first-order valence-electron chi connectivity index (χ1n) is 11.7. The number of hydrogen-bond acceptors (Lipinski definition) is 5. The highest BCUT2D eigenvalue weighted by Gasteiger charge is 2.35. The van der Waals surface area contributed by atoms with E-state index in [1.54, 1.807) is 18.2 Å². The fraction of sp³-hybridized carbons (Fsp3) is 0.133. The van der Waals surface area contributed by atoms with E-state index in [9.17, 15) is 14.4 Å². The second kappa shape index (κ2) is 7.71. The van der Waals surface area contributed by atoms with Gasteiger partial charge in [-0.15, -0.1) is 0 Å². The third-order valence-electron chi connectivity index (χ3n) is 6.41. The van der Waals surface area contributed by atoms with Crippen molar-refractivity contribution < 1.29 is 18.8 Å². The number of benzene rings is 3. The van der Waals surface area contributed by atoms with Gasteiger partial charge in [0.2, 0.25) is 11.8 Å². The molecule has 2 heterocycles. The largest absolute Gasteiger partial charge is 0.434 e. The second-order valence-electron chi connectivity index (χ2n) is 9.99. The van der Waals surface area contributed by atoms with E-state index in [0.29, 0.717) is 33.9 Å². The first kappa shape index (κ1) is 21.9. The van der Waals surface area contributed by atoms with Crippen molar-refractivity contribution in [2.75, 3.05) is 0 Å². The summed E-state index contributed by atoms with van der Waals surface area (Å²) in [5.74, 6) is -0.543. The quantitative estimate of drug-likeness (QED) is 0.213. The Morgan fingerprint density at radius 2 is 1.44 bits per heavy atom. The molecule has 1 aliphatic carbocycles. The predicted octanol–water partition coefficient (Wildman–Crippen LogP) is 6.60. The molecule has 3 aromatic carbocycles. The molecule has 0 bridgehead atoms. The average molecular weight is 475 g/mol. The van der Waals surface area contributed by atoms with Gasteiger partial charge in [0.15, 0.2) is 22.8 Å². The molecule has 0 radical (unpaired) electrons. The van der Waals surface area contributed by atoms with Crippen LogP contribution in [0.2, 0.25) is 0 Å². The van der Waals surface area contributed by atoms with Crippen LogP contribution in [0, 0.1) is 5.41 Å². The zero-order chi connectivity index (χ0) is 25.2. The molecule has 0 spiro atoms. The Labute approximate surface area is 206 Å². The zero-order valence-electron chi connectivity index (χ0n) is 20.0. The maximum absolute atomic E-state index is 13.5. The molecule has 0 fully saturated rings. The van der Waals surface area contributed by atoms with Crippen molar-refractivity contribution in [2.45, 2.75) is 20.8 Å². The molecule has 36 heavy (non-hydrogen) atoms. The summed E-state index contributed by atoms with van der Waals surface area (Å²) in [4.78, 5) is 44.7. The third-order valence-corrected chi connectivity index (χ3v) is 6.41. The Kier molecular flexibility index (Phi) is 4.70. The number of Topliss-reactive ketones (excluding diaryl/α,β-unsaturated/α-hetero) is 2. The van der Waals surface area contributed by atoms with Gasteiger partial charge >= 0.3 is 0 Å². The summed E-state index contributed by atoms with van der Waals surface area (Å²) < 4.78 is 7.43. The zero-order valence-corrected chi connectivity index (χ0v) is 20.0. The van der Waals surface area contributed by atoms with E-state index in [0.717, 1.165) is 16.3 Å². The number of oxazole rings is 1. The lowest BCUT2D eigenvalue weighted by atomic mass is 9.95. The van der Waals surface area contributed by atoms with Crippen molar-refractivity contribution in [3.8, 4) is 11.5 Å². The summed E-state index contributed by atoms with van der Waals surface area (Å²) in [6, 6.07) is 22.2. The molecule has 6 rings (SSSR count). The lowest BCUT2D eigenvalue weighted by Gasteiger charge is -2.18. The van der Waals surface area contributed by atoms with E-state index in [1.165, 1.54) is 10.6 Å². The minimum atomic E-state index is -0.741. The van der Waals surface area contributed by atoms with Crippen molar-refractivity contribution in [3.63, 3.8) is 0 Å². The Morgan fingerprint density at radius 1 is 0.861 bits per heavy atom. The molecule has 6 nitrogen and oxygen atoms in total. The van der Waals surface area contributed by atoms with Gasteiger partial charge in [-0.2, -0.15) is 4.98 Å². The first-order chi connectivity index (χ1) is 17.2. The standard InChI is InChI=1S/C30H22N2O4/c1-30(2,3)29(35)32-20(16-24-27(32)31-28(36-24)17-9-5-4-6-10-17)15-23-25(33)21-13-18-11-7-8-12-19(18)14-22(21)26(23)34/h4-16H,1-3H3. The molecule has 0 saturated carbocycles. The molecule has 0 unspecified atom stereocenters. The second-order valence-corrected chi connectivity index (χ2v) is 9.99. The van der Waals surface area contributed by atoms with Crippen molar-refractivity contribution >= 4 is 45.6 Å². The maximum Gasteiger partial charge on any atom is 0.238 e. The summed E-state index contributed by atoms with van der Waals surface area (Å²) in [5, 5.41) is 1.78. The number of nitrogens with zero attached hydrogens (tertiary/aromatic N) is 2. The Balaban J connectivity index is 1.52. The number of allylic oxidation sites excluding steroid dienone is 1. The van der Waals surface area contributed by atoms with Gasteiger partial charge in [-0.05, 0) is 41.1 Å². The highest BCUT2D eigenvalue weighted by atomic mass is 16.3. The number of rotatable bonds is 2. The molecule has 0 saturated heterocycles. The summed E-state index contributed by atoms with van der Waals surface area (Å²) in [6.07, 6.45) is 1.48. The van der Waals surface area contributed by atoms with Gasteiger partial charge in [-0.25, -0.2) is 0 Å². The van der Waals surface area contributed by atoms with Gasteiger partial charge in [-0.1, -0.05) is 63.2 Å². The van der Waals surface area contributed by atoms with E-state index in [1.807, 2.05) is 75.4 Å². The van der Waals surface area contributed by atoms with Crippen LogP contribution in [0.5, 0.6) is 0 Å². The number of carbonyl (C=O) groups is 3. The highest BCUT2D eigenvalue weighted by molar-refractivity contribution is 6.42. The predicted molar refractivity (Wildman–Crippen MR) is 138 cm³/mol. The molecular formula is C30H22N2O4. The van der Waals surface area contributed by atoms with E-state index in [2.05, 4.69) is 4.98 Å². The van der Waals surface area contributed by atoms with Gasteiger partial charge in [-0.3, -0.25) is 19.0 Å². The third kappa shape index (κ3) is 3.33. The maximum atomic E-state index is 13.5. The molecule has 5 aromatic rings. The molecule has 2 aromatic heterocycles. The SMILES string of the molecule is CC(C)(C)C(=O)n1c(C=C2C(=O)c3cc4ccccc4cc3C2=O)cc2oc(-c3ccccc3)nc21. The van der Waals surface area contributed by atoms with Crippen LogP contribution in [0.1, 0.15) is 52.0 Å². The van der Waals surface area contributed by atoms with Gasteiger partial charge in [0, 0.05) is 28.2 Å². The Bertz CT molecular complexity index is 1710. The van der Waals surface area contributed by atoms with Crippen molar-refractivity contribution in [3.05, 3.63) is 95.2 Å². The van der Waals surface area contributed by atoms with E-state index < -0.39 is 5.41 Å². The van der Waals surface area contributed by atoms with E-state index in [4.69, 9.17) is 4.42 Å². The summed E-state index contributed by atoms with van der Waals surface area (Å²) >= 11 is 0. The molecule has 0 aliphatic heterocycles. The number of hydrogen-bond donors (Lipinski definition) is 0. The van der Waals surface area contributed by atoms with Crippen LogP contribution in [0.15, 0.2) is 82.8 Å². The molecular weight excluding hydrogens is 452 g/mol. The van der Waals surface area contributed by atoms with Crippen molar-refractivity contribution in [2.24, 2.45) is 5.41 Å². The minimum absolute atomic E-state index is 0.0201. The van der Waals surface area contributed by atoms with Gasteiger partial charge in [0.25, 0.3) is 0 Å². The smallest absolute Gasteiger partial charge is 0.238 e. The van der Waals surface area contributed by atoms with Gasteiger partial charge < -0.3 is 4.42 Å². The Morgan fingerprint density at radius 3 is 2.03 bits per heavy atom. The van der Waals surface area contributed by atoms with Crippen LogP contribution in [0.3, 0.4) is 0 Å². The lowest BCUT2D eigenvalue weighted by molar-refractivity contribution is 0.0770. The average Bonchev–Trinajstić information content (AvgIpc) is 3.49. The van der Waals surface area contributed by atoms with Gasteiger partial charge in [0.05, 0.1) is 11.3 Å². The fourth-order valence-corrected chi connectivity index (χ4v) is 4.55. The molecule has 6 heteroatoms. The van der Waals surface area contributed by atoms with Gasteiger partial charge in [0.1, 0.15) is 0 Å². The summed E-state index contributed by atoms with van der Waals surface area (Å²) in [6.45, 7) is 5.43. The summed E-state index contributed by atoms with van der Waals surface area (Å²) in [7, 11) is 0. The monoisotopic (exact) mass is 474 g/mol. The molecule has 1 aliphatic rings. The number of ketones is 2. The van der Waals surface area contributed by atoms with Crippen molar-refractivity contribution in [1.29, 1.82) is 0 Å². The van der Waals surface area contributed by atoms with Crippen LogP contribution in [0.25, 0.3) is 39.5 Å². The Hall–Kier alpha value is -4.58. The van der Waals surface area contributed by atoms with Crippen LogP contribution in [-0.4, -0.2) is 27.0 Å². The lowest BCUT2D eigenvalue weighted by Crippen LogP contribution is -2.27. The van der Waals surface area contributed by atoms with Crippen LogP contribution < -0.4 is 0 Å². The first-order valence-corrected chi connectivity index (χ1v) is 11.7. The van der Waals surface area contributed by atoms with E-state index in [-0.39, 0.29) is 23.0 Å². The normalized spacial score (nSPS) is 13.6. The highest BCUT2D eigenvalue weighted by Crippen LogP contribution is 2.34. The van der Waals surface area contributed by atoms with E-state index >= 15 is 0 Å². The van der Waals surface area contributed by atoms with Crippen LogP contribution in [0.4, 0.5) is 0 Å². The van der Waals surface area contributed by atoms with Crippen LogP contribution in [-0.2, 0) is 0 Å². The minimum Gasteiger partial charge on any atom is -0.434 e. The fourth-order valence-electron chi connectivity index (χ4n) is 4.55. The van der Waals surface area contributed by atoms with Crippen molar-refractivity contribution in [1.82, 2.24) is 9.55 Å².